The number of aromatic amines is 1. The van der Waals surface area contributed by atoms with Crippen molar-refractivity contribution in [2.75, 3.05) is 19.0 Å². The van der Waals surface area contributed by atoms with Gasteiger partial charge in [0, 0.05) is 37.1 Å². The second kappa shape index (κ2) is 8.12. The van der Waals surface area contributed by atoms with Crippen LogP contribution in [0.15, 0.2) is 62.5 Å². The van der Waals surface area contributed by atoms with Gasteiger partial charge in [0.25, 0.3) is 0 Å². The zero-order valence-corrected chi connectivity index (χ0v) is 19.4. The number of halogens is 2. The number of benzene rings is 3. The molecule has 0 fully saturated rings. The average Bonchev–Trinajstić information content (AvgIpc) is 3.17. The summed E-state index contributed by atoms with van der Waals surface area (Å²) in [6.45, 7) is 0. The maximum atomic E-state index is 10.2. The van der Waals surface area contributed by atoms with Crippen molar-refractivity contribution in [2.24, 2.45) is 4.99 Å². The third kappa shape index (κ3) is 3.93. The summed E-state index contributed by atoms with van der Waals surface area (Å²) in [5.41, 5.74) is 5.01. The van der Waals surface area contributed by atoms with Crippen molar-refractivity contribution in [1.82, 2.24) is 9.97 Å². The Morgan fingerprint density at radius 1 is 1.00 bits per heavy atom. The highest BCUT2D eigenvalue weighted by Crippen LogP contribution is 2.40. The molecule has 0 aliphatic rings. The normalized spacial score (nSPS) is 11.5. The average molecular weight is 530 g/mol. The predicted molar refractivity (Wildman–Crippen MR) is 128 cm³/mol. The topological polar surface area (TPSA) is 84.7 Å². The highest BCUT2D eigenvalue weighted by molar-refractivity contribution is 9.11. The molecule has 0 atom stereocenters. The van der Waals surface area contributed by atoms with Gasteiger partial charge in [-0.3, -0.25) is 4.99 Å². The first-order valence-corrected chi connectivity index (χ1v) is 10.6. The van der Waals surface area contributed by atoms with Crippen LogP contribution in [0.25, 0.3) is 22.4 Å². The maximum Gasteiger partial charge on any atom is 0.147 e. The number of phenolic OH excluding ortho intramolecular Hbond substituents is 2. The van der Waals surface area contributed by atoms with Gasteiger partial charge in [-0.25, -0.2) is 4.98 Å². The largest absolute Gasteiger partial charge is 0.506 e. The molecule has 0 aliphatic heterocycles. The highest BCUT2D eigenvalue weighted by Gasteiger charge is 2.13. The lowest BCUT2D eigenvalue weighted by Crippen LogP contribution is -2.07. The minimum absolute atomic E-state index is 0.0614. The molecule has 152 valence electrons. The Kier molecular flexibility index (Phi) is 5.53. The standard InChI is InChI=1S/C22H18Br2N4O2/c1-28(2)15-6-3-12(4-7-15)22-26-17-8-5-14(10-18(17)27-22)25-11-13-9-16(23)21(30)19(24)20(13)29/h3-11,29-30H,1-2H3,(H,26,27)/b25-11+. The number of H-pyrrole nitrogens is 1. The summed E-state index contributed by atoms with van der Waals surface area (Å²) in [7, 11) is 4.01. The van der Waals surface area contributed by atoms with Gasteiger partial charge in [0.05, 0.1) is 21.2 Å². The van der Waals surface area contributed by atoms with Gasteiger partial charge >= 0.3 is 0 Å². The van der Waals surface area contributed by atoms with E-state index in [4.69, 9.17) is 4.98 Å². The van der Waals surface area contributed by atoms with Crippen LogP contribution in [0.4, 0.5) is 11.4 Å². The predicted octanol–water partition coefficient (Wildman–Crippen LogP) is 5.98. The molecule has 0 unspecified atom stereocenters. The van der Waals surface area contributed by atoms with Crippen molar-refractivity contribution in [1.29, 1.82) is 0 Å². The molecular formula is C22H18Br2N4O2. The van der Waals surface area contributed by atoms with Gasteiger partial charge in [-0.05, 0) is 80.4 Å². The molecular weight excluding hydrogens is 512 g/mol. The second-order valence-electron chi connectivity index (χ2n) is 6.95. The second-order valence-corrected chi connectivity index (χ2v) is 8.59. The van der Waals surface area contributed by atoms with Crippen LogP contribution in [-0.2, 0) is 0 Å². The molecule has 0 saturated heterocycles. The summed E-state index contributed by atoms with van der Waals surface area (Å²) in [4.78, 5) is 14.5. The smallest absolute Gasteiger partial charge is 0.147 e. The van der Waals surface area contributed by atoms with E-state index in [1.165, 1.54) is 0 Å². The third-order valence-corrected chi connectivity index (χ3v) is 6.03. The number of aromatic nitrogens is 2. The SMILES string of the molecule is CN(C)c1ccc(-c2nc3cc(/N=C/c4cc(Br)c(O)c(Br)c4O)ccc3[nH]2)cc1. The number of anilines is 1. The van der Waals surface area contributed by atoms with Crippen molar-refractivity contribution in [3.63, 3.8) is 0 Å². The van der Waals surface area contributed by atoms with Gasteiger partial charge in [0.15, 0.2) is 0 Å². The summed E-state index contributed by atoms with van der Waals surface area (Å²) in [6, 6.07) is 15.5. The molecule has 3 N–H and O–H groups in total. The summed E-state index contributed by atoms with van der Waals surface area (Å²) in [5, 5.41) is 20.0. The van der Waals surface area contributed by atoms with Crippen molar-refractivity contribution < 1.29 is 10.2 Å². The Hall–Kier alpha value is -2.84. The van der Waals surface area contributed by atoms with E-state index < -0.39 is 0 Å². The lowest BCUT2D eigenvalue weighted by Gasteiger charge is -2.11. The molecule has 0 saturated carbocycles. The molecule has 1 heterocycles. The minimum atomic E-state index is -0.0799. The molecule has 0 amide bonds. The Labute approximate surface area is 190 Å². The molecule has 0 spiro atoms. The molecule has 4 rings (SSSR count). The first-order valence-electron chi connectivity index (χ1n) is 9.05. The Balaban J connectivity index is 1.64. The van der Waals surface area contributed by atoms with Crippen LogP contribution in [-0.4, -0.2) is 40.5 Å². The minimum Gasteiger partial charge on any atom is -0.506 e. The summed E-state index contributed by atoms with van der Waals surface area (Å²) in [6.07, 6.45) is 1.54. The molecule has 6 nitrogen and oxygen atoms in total. The van der Waals surface area contributed by atoms with Crippen LogP contribution in [0.1, 0.15) is 5.56 Å². The lowest BCUT2D eigenvalue weighted by molar-refractivity contribution is 0.442. The first-order chi connectivity index (χ1) is 14.3. The van der Waals surface area contributed by atoms with E-state index in [1.807, 2.05) is 44.4 Å². The van der Waals surface area contributed by atoms with Gasteiger partial charge in [0.1, 0.15) is 21.8 Å². The third-order valence-electron chi connectivity index (χ3n) is 4.67. The summed E-state index contributed by atoms with van der Waals surface area (Å²) in [5.74, 6) is 0.651. The van der Waals surface area contributed by atoms with Crippen LogP contribution in [0.3, 0.4) is 0 Å². The van der Waals surface area contributed by atoms with Crippen molar-refractivity contribution in [2.45, 2.75) is 0 Å². The van der Waals surface area contributed by atoms with Gasteiger partial charge < -0.3 is 20.1 Å². The summed E-state index contributed by atoms with van der Waals surface area (Å²) >= 11 is 6.43. The zero-order valence-electron chi connectivity index (χ0n) is 16.2. The number of imidazole rings is 1. The fourth-order valence-electron chi connectivity index (χ4n) is 2.99. The van der Waals surface area contributed by atoms with E-state index >= 15 is 0 Å². The number of phenols is 2. The van der Waals surface area contributed by atoms with E-state index in [0.717, 1.165) is 28.1 Å². The van der Waals surface area contributed by atoms with E-state index in [2.05, 4.69) is 58.9 Å². The molecule has 0 aliphatic carbocycles. The zero-order chi connectivity index (χ0) is 21.4. The van der Waals surface area contributed by atoms with Crippen molar-refractivity contribution >= 4 is 60.5 Å². The molecule has 0 radical (unpaired) electrons. The molecule has 8 heteroatoms. The van der Waals surface area contributed by atoms with E-state index in [1.54, 1.807) is 12.3 Å². The number of nitrogens with zero attached hydrogens (tertiary/aromatic N) is 3. The monoisotopic (exact) mass is 528 g/mol. The Morgan fingerprint density at radius 3 is 2.43 bits per heavy atom. The molecule has 4 aromatic rings. The number of hydrogen-bond donors (Lipinski definition) is 3. The fraction of sp³-hybridized carbons (Fsp3) is 0.0909. The van der Waals surface area contributed by atoms with Crippen LogP contribution < -0.4 is 4.90 Å². The first kappa shape index (κ1) is 20.4. The molecule has 3 aromatic carbocycles. The Bertz CT molecular complexity index is 1260. The van der Waals surface area contributed by atoms with Crippen molar-refractivity contribution in [3.05, 3.63) is 63.0 Å². The molecule has 0 bridgehead atoms. The highest BCUT2D eigenvalue weighted by atomic mass is 79.9. The van der Waals surface area contributed by atoms with Crippen LogP contribution in [0.5, 0.6) is 11.5 Å². The van der Waals surface area contributed by atoms with Crippen LogP contribution in [0.2, 0.25) is 0 Å². The van der Waals surface area contributed by atoms with E-state index in [0.29, 0.717) is 15.7 Å². The quantitative estimate of drug-likeness (QED) is 0.284. The van der Waals surface area contributed by atoms with Crippen LogP contribution in [0, 0.1) is 0 Å². The Morgan fingerprint density at radius 2 is 1.73 bits per heavy atom. The summed E-state index contributed by atoms with van der Waals surface area (Å²) < 4.78 is 0.673. The number of rotatable bonds is 4. The van der Waals surface area contributed by atoms with Gasteiger partial charge in [-0.15, -0.1) is 0 Å². The number of hydrogen-bond acceptors (Lipinski definition) is 5. The van der Waals surface area contributed by atoms with Gasteiger partial charge in [-0.1, -0.05) is 0 Å². The van der Waals surface area contributed by atoms with Gasteiger partial charge in [0.2, 0.25) is 0 Å². The van der Waals surface area contributed by atoms with E-state index in [9.17, 15) is 10.2 Å². The maximum absolute atomic E-state index is 10.2. The number of fused-ring (bicyclic) bond motifs is 1. The van der Waals surface area contributed by atoms with Gasteiger partial charge in [-0.2, -0.15) is 0 Å². The number of nitrogens with one attached hydrogen (secondary N) is 1. The molecule has 30 heavy (non-hydrogen) atoms. The number of aliphatic imine (C=N–C) groups is 1. The van der Waals surface area contributed by atoms with Crippen molar-refractivity contribution in [3.8, 4) is 22.9 Å². The number of aromatic hydroxyl groups is 2. The van der Waals surface area contributed by atoms with Crippen LogP contribution >= 0.6 is 31.9 Å². The lowest BCUT2D eigenvalue weighted by atomic mass is 10.2. The van der Waals surface area contributed by atoms with E-state index in [-0.39, 0.29) is 16.0 Å². The fourth-order valence-corrected chi connectivity index (χ4v) is 4.14. The molecule has 1 aromatic heterocycles.